The Hall–Kier alpha value is -0.0400. The SMILES string of the molecule is CN1CCC[C@H]1CC(C)(C)C. The van der Waals surface area contributed by atoms with Crippen molar-refractivity contribution in [3.63, 3.8) is 0 Å². The molecule has 0 saturated carbocycles. The first-order valence-corrected chi connectivity index (χ1v) is 4.69. The van der Waals surface area contributed by atoms with Crippen LogP contribution in [-0.4, -0.2) is 24.5 Å². The highest BCUT2D eigenvalue weighted by molar-refractivity contribution is 4.80. The smallest absolute Gasteiger partial charge is 0.00976 e. The van der Waals surface area contributed by atoms with Gasteiger partial charge in [-0.1, -0.05) is 20.8 Å². The molecule has 1 aliphatic heterocycles. The lowest BCUT2D eigenvalue weighted by molar-refractivity contribution is 0.224. The van der Waals surface area contributed by atoms with Gasteiger partial charge >= 0.3 is 0 Å². The van der Waals surface area contributed by atoms with Gasteiger partial charge in [0.05, 0.1) is 0 Å². The highest BCUT2D eigenvalue weighted by atomic mass is 15.1. The van der Waals surface area contributed by atoms with E-state index in [0.29, 0.717) is 5.41 Å². The Labute approximate surface area is 70.8 Å². The number of likely N-dealkylation sites (tertiary alicyclic amines) is 1. The minimum absolute atomic E-state index is 0.503. The standard InChI is InChI=1S/C10H21N/c1-10(2,3)8-9-6-5-7-11(9)4/h9H,5-8H2,1-4H3/t9-/m0/s1. The van der Waals surface area contributed by atoms with Crippen LogP contribution in [0.5, 0.6) is 0 Å². The van der Waals surface area contributed by atoms with Gasteiger partial charge in [-0.2, -0.15) is 0 Å². The zero-order valence-electron chi connectivity index (χ0n) is 8.35. The quantitative estimate of drug-likeness (QED) is 0.562. The van der Waals surface area contributed by atoms with Crippen LogP contribution in [0.3, 0.4) is 0 Å². The number of hydrogen-bond donors (Lipinski definition) is 0. The fourth-order valence-corrected chi connectivity index (χ4v) is 1.94. The monoisotopic (exact) mass is 155 g/mol. The van der Waals surface area contributed by atoms with Gasteiger partial charge in [0, 0.05) is 6.04 Å². The lowest BCUT2D eigenvalue weighted by Crippen LogP contribution is -2.29. The molecule has 0 aromatic heterocycles. The molecule has 0 aromatic rings. The third-order valence-corrected chi connectivity index (χ3v) is 2.52. The van der Waals surface area contributed by atoms with Gasteiger partial charge in [-0.15, -0.1) is 0 Å². The summed E-state index contributed by atoms with van der Waals surface area (Å²) in [5, 5.41) is 0. The highest BCUT2D eigenvalue weighted by Crippen LogP contribution is 2.28. The van der Waals surface area contributed by atoms with E-state index in [0.717, 1.165) is 6.04 Å². The Bertz CT molecular complexity index is 123. The van der Waals surface area contributed by atoms with Crippen molar-refractivity contribution < 1.29 is 0 Å². The normalized spacial score (nSPS) is 27.8. The van der Waals surface area contributed by atoms with Crippen LogP contribution in [0.25, 0.3) is 0 Å². The Kier molecular flexibility index (Phi) is 2.58. The van der Waals surface area contributed by atoms with E-state index >= 15 is 0 Å². The maximum absolute atomic E-state index is 2.51. The molecule has 0 aliphatic carbocycles. The van der Waals surface area contributed by atoms with Gasteiger partial charge < -0.3 is 4.90 Å². The van der Waals surface area contributed by atoms with Crippen molar-refractivity contribution >= 4 is 0 Å². The number of nitrogens with zero attached hydrogens (tertiary/aromatic N) is 1. The Morgan fingerprint density at radius 2 is 2.00 bits per heavy atom. The third-order valence-electron chi connectivity index (χ3n) is 2.52. The van der Waals surface area contributed by atoms with Crippen molar-refractivity contribution in [2.75, 3.05) is 13.6 Å². The Balaban J connectivity index is 2.37. The fraction of sp³-hybridized carbons (Fsp3) is 1.00. The highest BCUT2D eigenvalue weighted by Gasteiger charge is 2.25. The molecule has 1 nitrogen and oxygen atoms in total. The molecule has 1 fully saturated rings. The first kappa shape index (κ1) is 9.05. The van der Waals surface area contributed by atoms with E-state index in [-0.39, 0.29) is 0 Å². The molecule has 0 radical (unpaired) electrons. The maximum atomic E-state index is 2.51. The van der Waals surface area contributed by atoms with Crippen molar-refractivity contribution in [2.24, 2.45) is 5.41 Å². The van der Waals surface area contributed by atoms with E-state index in [1.165, 1.54) is 25.8 Å². The lowest BCUT2D eigenvalue weighted by atomic mass is 9.87. The van der Waals surface area contributed by atoms with Gasteiger partial charge in [-0.25, -0.2) is 0 Å². The topological polar surface area (TPSA) is 3.24 Å². The summed E-state index contributed by atoms with van der Waals surface area (Å²) in [7, 11) is 2.25. The van der Waals surface area contributed by atoms with Crippen LogP contribution in [0, 0.1) is 5.41 Å². The second-order valence-electron chi connectivity index (χ2n) is 5.04. The summed E-state index contributed by atoms with van der Waals surface area (Å²) in [6, 6.07) is 0.856. The molecule has 66 valence electrons. The minimum Gasteiger partial charge on any atom is -0.303 e. The van der Waals surface area contributed by atoms with Crippen molar-refractivity contribution in [1.29, 1.82) is 0 Å². The molecule has 0 bridgehead atoms. The van der Waals surface area contributed by atoms with Crippen LogP contribution >= 0.6 is 0 Å². The van der Waals surface area contributed by atoms with E-state index in [1.807, 2.05) is 0 Å². The van der Waals surface area contributed by atoms with E-state index in [9.17, 15) is 0 Å². The van der Waals surface area contributed by atoms with Crippen LogP contribution in [-0.2, 0) is 0 Å². The second-order valence-corrected chi connectivity index (χ2v) is 5.04. The van der Waals surface area contributed by atoms with Gasteiger partial charge in [0.1, 0.15) is 0 Å². The van der Waals surface area contributed by atoms with Gasteiger partial charge in [-0.05, 0) is 38.3 Å². The van der Waals surface area contributed by atoms with Gasteiger partial charge in [0.25, 0.3) is 0 Å². The summed E-state index contributed by atoms with van der Waals surface area (Å²) in [6.07, 6.45) is 4.16. The molecule has 1 rings (SSSR count). The number of hydrogen-bond acceptors (Lipinski definition) is 1. The molecule has 0 N–H and O–H groups in total. The molecule has 1 aliphatic rings. The van der Waals surface area contributed by atoms with Gasteiger partial charge in [-0.3, -0.25) is 0 Å². The molecule has 1 heteroatoms. The first-order chi connectivity index (χ1) is 4.99. The van der Waals surface area contributed by atoms with Crippen molar-refractivity contribution in [3.05, 3.63) is 0 Å². The molecule has 0 spiro atoms. The third kappa shape index (κ3) is 2.82. The van der Waals surface area contributed by atoms with Crippen molar-refractivity contribution in [3.8, 4) is 0 Å². The summed E-state index contributed by atoms with van der Waals surface area (Å²) in [5.41, 5.74) is 0.503. The molecule has 1 heterocycles. The second kappa shape index (κ2) is 3.14. The molecule has 0 amide bonds. The fourth-order valence-electron chi connectivity index (χ4n) is 1.94. The average molecular weight is 155 g/mol. The minimum atomic E-state index is 0.503. The molecular weight excluding hydrogens is 134 g/mol. The summed E-state index contributed by atoms with van der Waals surface area (Å²) >= 11 is 0. The van der Waals surface area contributed by atoms with Crippen molar-refractivity contribution in [2.45, 2.75) is 46.1 Å². The first-order valence-electron chi connectivity index (χ1n) is 4.69. The van der Waals surface area contributed by atoms with E-state index in [2.05, 4.69) is 32.7 Å². The maximum Gasteiger partial charge on any atom is 0.00976 e. The summed E-state index contributed by atoms with van der Waals surface area (Å²) in [5.74, 6) is 0. The van der Waals surface area contributed by atoms with E-state index in [4.69, 9.17) is 0 Å². The average Bonchev–Trinajstić information content (AvgIpc) is 2.12. The molecule has 11 heavy (non-hydrogen) atoms. The van der Waals surface area contributed by atoms with Crippen LogP contribution in [0.15, 0.2) is 0 Å². The predicted molar refractivity (Wildman–Crippen MR) is 49.7 cm³/mol. The molecular formula is C10H21N. The molecule has 0 aromatic carbocycles. The molecule has 1 atom stereocenters. The summed E-state index contributed by atoms with van der Waals surface area (Å²) in [6.45, 7) is 8.30. The van der Waals surface area contributed by atoms with Crippen LogP contribution in [0.2, 0.25) is 0 Å². The van der Waals surface area contributed by atoms with Crippen LogP contribution < -0.4 is 0 Å². The summed E-state index contributed by atoms with van der Waals surface area (Å²) < 4.78 is 0. The molecule has 1 saturated heterocycles. The Morgan fingerprint density at radius 1 is 1.36 bits per heavy atom. The predicted octanol–water partition coefficient (Wildman–Crippen LogP) is 2.52. The van der Waals surface area contributed by atoms with Crippen molar-refractivity contribution in [1.82, 2.24) is 4.90 Å². The zero-order chi connectivity index (χ0) is 8.48. The number of rotatable bonds is 1. The van der Waals surface area contributed by atoms with E-state index < -0.39 is 0 Å². The largest absolute Gasteiger partial charge is 0.303 e. The van der Waals surface area contributed by atoms with Gasteiger partial charge in [0.15, 0.2) is 0 Å². The molecule has 0 unspecified atom stereocenters. The Morgan fingerprint density at radius 3 is 2.36 bits per heavy atom. The van der Waals surface area contributed by atoms with Crippen LogP contribution in [0.4, 0.5) is 0 Å². The zero-order valence-corrected chi connectivity index (χ0v) is 8.35. The van der Waals surface area contributed by atoms with Crippen LogP contribution in [0.1, 0.15) is 40.0 Å². The van der Waals surface area contributed by atoms with Gasteiger partial charge in [0.2, 0.25) is 0 Å². The van der Waals surface area contributed by atoms with E-state index in [1.54, 1.807) is 0 Å². The lowest BCUT2D eigenvalue weighted by Gasteiger charge is -2.27. The summed E-state index contributed by atoms with van der Waals surface area (Å²) in [4.78, 5) is 2.51.